The zero-order valence-corrected chi connectivity index (χ0v) is 10.9. The number of carboxylic acids is 1. The molecule has 0 spiro atoms. The van der Waals surface area contributed by atoms with Crippen molar-refractivity contribution in [2.75, 3.05) is 11.9 Å². The lowest BCUT2D eigenvalue weighted by molar-refractivity contribution is 0.0697. The van der Waals surface area contributed by atoms with E-state index in [0.29, 0.717) is 18.1 Å². The first-order valence-corrected chi connectivity index (χ1v) is 5.94. The molecule has 102 valence electrons. The SMILES string of the molecule is Cc1nn(C)c(NCCCn2ccnn2)c1C(=O)O. The molecule has 0 fully saturated rings. The van der Waals surface area contributed by atoms with Gasteiger partial charge in [0.05, 0.1) is 11.9 Å². The van der Waals surface area contributed by atoms with Crippen LogP contribution in [0, 0.1) is 6.92 Å². The van der Waals surface area contributed by atoms with E-state index in [1.54, 1.807) is 35.7 Å². The van der Waals surface area contributed by atoms with E-state index in [1.807, 2.05) is 0 Å². The number of rotatable bonds is 6. The smallest absolute Gasteiger partial charge is 0.341 e. The van der Waals surface area contributed by atoms with Crippen LogP contribution in [-0.4, -0.2) is 42.4 Å². The van der Waals surface area contributed by atoms with Crippen molar-refractivity contribution in [2.24, 2.45) is 7.05 Å². The second kappa shape index (κ2) is 5.51. The van der Waals surface area contributed by atoms with E-state index in [-0.39, 0.29) is 5.56 Å². The average molecular weight is 264 g/mol. The van der Waals surface area contributed by atoms with E-state index < -0.39 is 5.97 Å². The van der Waals surface area contributed by atoms with Crippen LogP contribution in [-0.2, 0) is 13.6 Å². The van der Waals surface area contributed by atoms with Crippen LogP contribution in [0.15, 0.2) is 12.4 Å². The number of carbonyl (C=O) groups is 1. The predicted molar refractivity (Wildman–Crippen MR) is 68.0 cm³/mol. The summed E-state index contributed by atoms with van der Waals surface area (Å²) in [6, 6.07) is 0. The van der Waals surface area contributed by atoms with Crippen LogP contribution < -0.4 is 5.32 Å². The summed E-state index contributed by atoms with van der Waals surface area (Å²) in [7, 11) is 1.72. The number of aromatic carboxylic acids is 1. The summed E-state index contributed by atoms with van der Waals surface area (Å²) in [5, 5.41) is 23.9. The van der Waals surface area contributed by atoms with E-state index in [2.05, 4.69) is 20.7 Å². The molecule has 2 rings (SSSR count). The van der Waals surface area contributed by atoms with Gasteiger partial charge in [0.1, 0.15) is 11.4 Å². The molecule has 0 atom stereocenters. The first kappa shape index (κ1) is 13.1. The Bertz CT molecular complexity index is 560. The van der Waals surface area contributed by atoms with Gasteiger partial charge in [-0.3, -0.25) is 9.36 Å². The van der Waals surface area contributed by atoms with Gasteiger partial charge in [-0.1, -0.05) is 5.21 Å². The lowest BCUT2D eigenvalue weighted by atomic mass is 10.2. The topological polar surface area (TPSA) is 97.9 Å². The summed E-state index contributed by atoms with van der Waals surface area (Å²) >= 11 is 0. The number of anilines is 1. The fourth-order valence-electron chi connectivity index (χ4n) is 1.92. The van der Waals surface area contributed by atoms with Crippen LogP contribution in [0.5, 0.6) is 0 Å². The van der Waals surface area contributed by atoms with Crippen LogP contribution >= 0.6 is 0 Å². The summed E-state index contributed by atoms with van der Waals surface area (Å²) in [5.41, 5.74) is 0.733. The van der Waals surface area contributed by atoms with Gasteiger partial charge in [0.2, 0.25) is 0 Å². The van der Waals surface area contributed by atoms with Gasteiger partial charge in [0.15, 0.2) is 0 Å². The minimum absolute atomic E-state index is 0.225. The van der Waals surface area contributed by atoms with Gasteiger partial charge in [-0.2, -0.15) is 5.10 Å². The Morgan fingerprint density at radius 2 is 2.32 bits per heavy atom. The molecule has 0 saturated heterocycles. The van der Waals surface area contributed by atoms with Gasteiger partial charge in [-0.25, -0.2) is 4.79 Å². The number of aromatic nitrogens is 5. The van der Waals surface area contributed by atoms with Crippen molar-refractivity contribution < 1.29 is 9.90 Å². The highest BCUT2D eigenvalue weighted by Gasteiger charge is 2.18. The number of hydrogen-bond acceptors (Lipinski definition) is 5. The average Bonchev–Trinajstić information content (AvgIpc) is 2.93. The maximum Gasteiger partial charge on any atom is 0.341 e. The normalized spacial score (nSPS) is 10.6. The molecule has 2 heterocycles. The van der Waals surface area contributed by atoms with E-state index in [9.17, 15) is 4.79 Å². The van der Waals surface area contributed by atoms with E-state index in [0.717, 1.165) is 13.0 Å². The minimum atomic E-state index is -0.968. The Kier molecular flexibility index (Phi) is 3.79. The molecule has 0 radical (unpaired) electrons. The maximum absolute atomic E-state index is 11.2. The molecule has 0 aliphatic carbocycles. The highest BCUT2D eigenvalue weighted by Crippen LogP contribution is 2.18. The predicted octanol–water partition coefficient (Wildman–Crippen LogP) is 0.520. The van der Waals surface area contributed by atoms with Crippen LogP contribution in [0.1, 0.15) is 22.5 Å². The summed E-state index contributed by atoms with van der Waals surface area (Å²) < 4.78 is 3.28. The molecule has 0 aliphatic rings. The van der Waals surface area contributed by atoms with Crippen molar-refractivity contribution in [1.29, 1.82) is 0 Å². The van der Waals surface area contributed by atoms with Gasteiger partial charge in [-0.15, -0.1) is 5.10 Å². The third kappa shape index (κ3) is 2.90. The summed E-state index contributed by atoms with van der Waals surface area (Å²) in [6.45, 7) is 3.05. The van der Waals surface area contributed by atoms with E-state index in [4.69, 9.17) is 5.11 Å². The molecule has 19 heavy (non-hydrogen) atoms. The molecular weight excluding hydrogens is 248 g/mol. The summed E-state index contributed by atoms with van der Waals surface area (Å²) in [4.78, 5) is 11.2. The first-order chi connectivity index (χ1) is 9.09. The van der Waals surface area contributed by atoms with Crippen molar-refractivity contribution in [2.45, 2.75) is 19.9 Å². The number of aryl methyl sites for hydroxylation is 3. The van der Waals surface area contributed by atoms with Gasteiger partial charge < -0.3 is 10.4 Å². The van der Waals surface area contributed by atoms with Crippen molar-refractivity contribution >= 4 is 11.8 Å². The van der Waals surface area contributed by atoms with Crippen molar-refractivity contribution in [1.82, 2.24) is 24.8 Å². The second-order valence-electron chi connectivity index (χ2n) is 4.18. The Hall–Kier alpha value is -2.38. The number of nitrogens with one attached hydrogen (secondary N) is 1. The fourth-order valence-corrected chi connectivity index (χ4v) is 1.92. The van der Waals surface area contributed by atoms with Gasteiger partial charge >= 0.3 is 5.97 Å². The zero-order chi connectivity index (χ0) is 13.8. The Morgan fingerprint density at radius 3 is 2.95 bits per heavy atom. The molecule has 0 unspecified atom stereocenters. The Labute approximate surface area is 110 Å². The quantitative estimate of drug-likeness (QED) is 0.738. The summed E-state index contributed by atoms with van der Waals surface area (Å²) in [5.74, 6) is -0.437. The molecule has 0 saturated carbocycles. The van der Waals surface area contributed by atoms with Crippen molar-refractivity contribution in [3.8, 4) is 0 Å². The van der Waals surface area contributed by atoms with Gasteiger partial charge in [0.25, 0.3) is 0 Å². The van der Waals surface area contributed by atoms with Crippen molar-refractivity contribution in [3.05, 3.63) is 23.7 Å². The molecule has 2 aromatic rings. The number of nitrogens with zero attached hydrogens (tertiary/aromatic N) is 5. The van der Waals surface area contributed by atoms with Crippen LogP contribution in [0.25, 0.3) is 0 Å². The third-order valence-electron chi connectivity index (χ3n) is 2.76. The highest BCUT2D eigenvalue weighted by atomic mass is 16.4. The van der Waals surface area contributed by atoms with E-state index in [1.165, 1.54) is 0 Å². The molecule has 2 N–H and O–H groups in total. The van der Waals surface area contributed by atoms with Gasteiger partial charge in [0, 0.05) is 26.3 Å². The molecule has 0 aromatic carbocycles. The Morgan fingerprint density at radius 1 is 1.53 bits per heavy atom. The maximum atomic E-state index is 11.2. The lowest BCUT2D eigenvalue weighted by Crippen LogP contribution is -2.12. The molecular formula is C11H16N6O2. The molecule has 0 amide bonds. The van der Waals surface area contributed by atoms with Crippen LogP contribution in [0.3, 0.4) is 0 Å². The lowest BCUT2D eigenvalue weighted by Gasteiger charge is -2.07. The number of hydrogen-bond donors (Lipinski definition) is 2. The highest BCUT2D eigenvalue weighted by molar-refractivity contribution is 5.94. The summed E-state index contributed by atoms with van der Waals surface area (Å²) in [6.07, 6.45) is 4.23. The van der Waals surface area contributed by atoms with Crippen LogP contribution in [0.2, 0.25) is 0 Å². The molecule has 0 aliphatic heterocycles. The fraction of sp³-hybridized carbons (Fsp3) is 0.455. The van der Waals surface area contributed by atoms with E-state index >= 15 is 0 Å². The standard InChI is InChI=1S/C11H16N6O2/c1-8-9(11(18)19)10(16(2)14-8)12-4-3-6-17-7-5-13-15-17/h5,7,12H,3-4,6H2,1-2H3,(H,18,19). The zero-order valence-electron chi connectivity index (χ0n) is 10.9. The molecule has 0 bridgehead atoms. The molecule has 8 heteroatoms. The number of carboxylic acid groups (broad SMARTS) is 1. The second-order valence-corrected chi connectivity index (χ2v) is 4.18. The van der Waals surface area contributed by atoms with Gasteiger partial charge in [-0.05, 0) is 13.3 Å². The monoisotopic (exact) mass is 264 g/mol. The minimum Gasteiger partial charge on any atom is -0.477 e. The Balaban J connectivity index is 1.94. The van der Waals surface area contributed by atoms with Crippen LogP contribution in [0.4, 0.5) is 5.82 Å². The molecule has 8 nitrogen and oxygen atoms in total. The third-order valence-corrected chi connectivity index (χ3v) is 2.76. The largest absolute Gasteiger partial charge is 0.477 e. The van der Waals surface area contributed by atoms with Crippen molar-refractivity contribution in [3.63, 3.8) is 0 Å². The molecule has 2 aromatic heterocycles. The first-order valence-electron chi connectivity index (χ1n) is 5.94.